The number of benzene rings is 9. The minimum Gasteiger partial charge on any atom is -0.310 e. The molecule has 0 amide bonds. The molecular weight excluding hydrogens is 663 g/mol. The van der Waals surface area contributed by atoms with E-state index in [0.29, 0.717) is 5.92 Å². The second-order valence-electron chi connectivity index (χ2n) is 15.5. The number of rotatable bonds is 6. The van der Waals surface area contributed by atoms with E-state index in [1.54, 1.807) is 0 Å². The molecule has 0 aromatic heterocycles. The first-order valence-corrected chi connectivity index (χ1v) is 20.0. The Labute approximate surface area is 323 Å². The molecule has 2 aliphatic rings. The molecule has 0 atom stereocenters. The van der Waals surface area contributed by atoms with E-state index in [2.05, 4.69) is 187 Å². The van der Waals surface area contributed by atoms with Crippen LogP contribution < -0.4 is 4.90 Å². The fourth-order valence-electron chi connectivity index (χ4n) is 9.76. The number of hydrogen-bond acceptors (Lipinski definition) is 1. The SMILES string of the molecule is c1ccc(-c2c3ccccc3c(-c3ccccc3)c3cc4c(cc23)-c2cc3ccc(N(c5ccccc5)c5ccccc5C5CCCCC5)cc3cc2-4)cc1. The van der Waals surface area contributed by atoms with Gasteiger partial charge in [-0.15, -0.1) is 0 Å². The second-order valence-corrected chi connectivity index (χ2v) is 15.5. The van der Waals surface area contributed by atoms with Crippen molar-refractivity contribution in [3.8, 4) is 44.5 Å². The van der Waals surface area contributed by atoms with Gasteiger partial charge in [-0.1, -0.05) is 147 Å². The molecule has 9 aromatic carbocycles. The van der Waals surface area contributed by atoms with Crippen molar-refractivity contribution >= 4 is 49.4 Å². The minimum atomic E-state index is 0.600. The molecule has 2 aliphatic carbocycles. The molecule has 262 valence electrons. The van der Waals surface area contributed by atoms with Gasteiger partial charge in [0.1, 0.15) is 0 Å². The molecule has 11 rings (SSSR count). The highest BCUT2D eigenvalue weighted by molar-refractivity contribution is 6.24. The summed E-state index contributed by atoms with van der Waals surface area (Å²) in [7, 11) is 0. The van der Waals surface area contributed by atoms with Crippen molar-refractivity contribution in [2.45, 2.75) is 38.0 Å². The number of para-hydroxylation sites is 2. The molecule has 0 spiro atoms. The highest BCUT2D eigenvalue weighted by Gasteiger charge is 2.28. The monoisotopic (exact) mass is 703 g/mol. The van der Waals surface area contributed by atoms with Crippen LogP contribution in [0.15, 0.2) is 182 Å². The maximum atomic E-state index is 2.49. The molecule has 1 nitrogen and oxygen atoms in total. The highest BCUT2D eigenvalue weighted by atomic mass is 15.1. The van der Waals surface area contributed by atoms with E-state index in [1.165, 1.54) is 132 Å². The standard InChI is InChI=1S/C54H41N/c1-5-17-36(18-6-1)43-25-15-16-28-52(43)55(41-23-11-4-12-24-41)42-30-29-39-32-46-47(33-40(39)31-42)49-35-51-50(34-48(46)49)53(37-19-7-2-8-20-37)44-26-13-14-27-45(44)54(51)38-21-9-3-10-22-38/h2-4,7-16,19-36H,1,5-6,17-18H2. The molecule has 0 saturated heterocycles. The lowest BCUT2D eigenvalue weighted by Gasteiger charge is -2.32. The van der Waals surface area contributed by atoms with E-state index in [1.807, 2.05) is 0 Å². The fraction of sp³-hybridized carbons (Fsp3) is 0.111. The van der Waals surface area contributed by atoms with Gasteiger partial charge in [0.2, 0.25) is 0 Å². The molecule has 0 N–H and O–H groups in total. The summed E-state index contributed by atoms with van der Waals surface area (Å²) in [5, 5.41) is 7.73. The van der Waals surface area contributed by atoms with Gasteiger partial charge in [0.25, 0.3) is 0 Å². The Bertz CT molecular complexity index is 2880. The fourth-order valence-corrected chi connectivity index (χ4v) is 9.76. The molecule has 1 heteroatoms. The first-order valence-electron chi connectivity index (χ1n) is 20.0. The van der Waals surface area contributed by atoms with E-state index < -0.39 is 0 Å². The van der Waals surface area contributed by atoms with Crippen LogP contribution in [0.25, 0.3) is 76.8 Å². The van der Waals surface area contributed by atoms with Crippen LogP contribution in [0.4, 0.5) is 17.1 Å². The smallest absolute Gasteiger partial charge is 0.0496 e. The van der Waals surface area contributed by atoms with Crippen molar-refractivity contribution in [3.05, 3.63) is 188 Å². The van der Waals surface area contributed by atoms with Crippen LogP contribution in [0.5, 0.6) is 0 Å². The van der Waals surface area contributed by atoms with Crippen LogP contribution in [-0.2, 0) is 0 Å². The number of fused-ring (bicyclic) bond motifs is 7. The maximum Gasteiger partial charge on any atom is 0.0496 e. The zero-order valence-electron chi connectivity index (χ0n) is 30.9. The number of nitrogens with zero attached hydrogens (tertiary/aromatic N) is 1. The van der Waals surface area contributed by atoms with Gasteiger partial charge < -0.3 is 4.90 Å². The van der Waals surface area contributed by atoms with Crippen LogP contribution in [0, 0.1) is 0 Å². The van der Waals surface area contributed by atoms with E-state index in [4.69, 9.17) is 0 Å². The van der Waals surface area contributed by atoms with Gasteiger partial charge in [-0.05, 0) is 156 Å². The third kappa shape index (κ3) is 5.29. The number of anilines is 3. The van der Waals surface area contributed by atoms with Gasteiger partial charge in [0, 0.05) is 17.1 Å². The first kappa shape index (κ1) is 32.0. The zero-order valence-corrected chi connectivity index (χ0v) is 30.9. The summed E-state index contributed by atoms with van der Waals surface area (Å²) in [6, 6.07) is 67.8. The lowest BCUT2D eigenvalue weighted by atomic mass is 9.75. The van der Waals surface area contributed by atoms with Crippen molar-refractivity contribution in [3.63, 3.8) is 0 Å². The predicted octanol–water partition coefficient (Wildman–Crippen LogP) is 15.6. The van der Waals surface area contributed by atoms with Crippen LogP contribution in [0.1, 0.15) is 43.6 Å². The first-order chi connectivity index (χ1) is 27.3. The molecule has 1 saturated carbocycles. The van der Waals surface area contributed by atoms with Crippen molar-refractivity contribution < 1.29 is 0 Å². The Morgan fingerprint density at radius 2 is 0.873 bits per heavy atom. The Morgan fingerprint density at radius 1 is 0.364 bits per heavy atom. The molecule has 55 heavy (non-hydrogen) atoms. The van der Waals surface area contributed by atoms with Crippen molar-refractivity contribution in [1.29, 1.82) is 0 Å². The summed E-state index contributed by atoms with van der Waals surface area (Å²) in [4.78, 5) is 2.49. The Balaban J connectivity index is 1.10. The Morgan fingerprint density at radius 3 is 1.49 bits per heavy atom. The largest absolute Gasteiger partial charge is 0.310 e. The van der Waals surface area contributed by atoms with Gasteiger partial charge in [0.15, 0.2) is 0 Å². The van der Waals surface area contributed by atoms with Gasteiger partial charge in [-0.3, -0.25) is 0 Å². The molecule has 1 fully saturated rings. The second kappa shape index (κ2) is 13.1. The van der Waals surface area contributed by atoms with Crippen LogP contribution in [-0.4, -0.2) is 0 Å². The van der Waals surface area contributed by atoms with E-state index in [-0.39, 0.29) is 0 Å². The average molecular weight is 704 g/mol. The molecule has 0 radical (unpaired) electrons. The van der Waals surface area contributed by atoms with Crippen LogP contribution >= 0.6 is 0 Å². The average Bonchev–Trinajstić information content (AvgIpc) is 3.26. The van der Waals surface area contributed by atoms with Crippen molar-refractivity contribution in [1.82, 2.24) is 0 Å². The maximum absolute atomic E-state index is 2.49. The van der Waals surface area contributed by atoms with Crippen LogP contribution in [0.2, 0.25) is 0 Å². The van der Waals surface area contributed by atoms with Gasteiger partial charge >= 0.3 is 0 Å². The molecule has 0 aliphatic heterocycles. The summed E-state index contributed by atoms with van der Waals surface area (Å²) < 4.78 is 0. The van der Waals surface area contributed by atoms with E-state index in [0.717, 1.165) is 0 Å². The topological polar surface area (TPSA) is 3.24 Å². The Kier molecular flexibility index (Phi) is 7.66. The lowest BCUT2D eigenvalue weighted by molar-refractivity contribution is 0.444. The lowest BCUT2D eigenvalue weighted by Crippen LogP contribution is -2.15. The van der Waals surface area contributed by atoms with Crippen LogP contribution in [0.3, 0.4) is 0 Å². The highest BCUT2D eigenvalue weighted by Crippen LogP contribution is 2.54. The van der Waals surface area contributed by atoms with Crippen molar-refractivity contribution in [2.24, 2.45) is 0 Å². The molecule has 0 bridgehead atoms. The summed E-state index contributed by atoms with van der Waals surface area (Å²) in [5.41, 5.74) is 15.6. The third-order valence-electron chi connectivity index (χ3n) is 12.3. The molecule has 0 heterocycles. The zero-order chi connectivity index (χ0) is 36.3. The summed E-state index contributed by atoms with van der Waals surface area (Å²) in [6.07, 6.45) is 6.53. The van der Waals surface area contributed by atoms with Gasteiger partial charge in [-0.2, -0.15) is 0 Å². The predicted molar refractivity (Wildman–Crippen MR) is 235 cm³/mol. The van der Waals surface area contributed by atoms with Crippen molar-refractivity contribution in [2.75, 3.05) is 4.90 Å². The molecule has 0 unspecified atom stereocenters. The minimum absolute atomic E-state index is 0.600. The third-order valence-corrected chi connectivity index (χ3v) is 12.3. The Hall–Kier alpha value is -6.44. The molecular formula is C54H41N. The van der Waals surface area contributed by atoms with E-state index >= 15 is 0 Å². The molecule has 9 aromatic rings. The summed E-state index contributed by atoms with van der Waals surface area (Å²) in [5.74, 6) is 0.600. The van der Waals surface area contributed by atoms with Gasteiger partial charge in [-0.25, -0.2) is 0 Å². The number of hydrogen-bond donors (Lipinski definition) is 0. The summed E-state index contributed by atoms with van der Waals surface area (Å²) >= 11 is 0. The quantitative estimate of drug-likeness (QED) is 0.156. The van der Waals surface area contributed by atoms with Gasteiger partial charge in [0.05, 0.1) is 0 Å². The summed E-state index contributed by atoms with van der Waals surface area (Å²) in [6.45, 7) is 0. The van der Waals surface area contributed by atoms with E-state index in [9.17, 15) is 0 Å². The normalized spacial score (nSPS) is 13.7.